The van der Waals surface area contributed by atoms with E-state index in [1.54, 1.807) is 30.3 Å². The van der Waals surface area contributed by atoms with Crippen LogP contribution in [0.3, 0.4) is 0 Å². The van der Waals surface area contributed by atoms with Gasteiger partial charge in [0.2, 0.25) is 5.91 Å². The van der Waals surface area contributed by atoms with E-state index in [0.717, 1.165) is 17.5 Å². The molecule has 4 rings (SSSR count). The van der Waals surface area contributed by atoms with E-state index in [0.29, 0.717) is 28.6 Å². The number of para-hydroxylation sites is 2. The van der Waals surface area contributed by atoms with Gasteiger partial charge in [-0.3, -0.25) is 14.5 Å². The number of nitriles is 1. The summed E-state index contributed by atoms with van der Waals surface area (Å²) in [5.41, 5.74) is 2.81. The Labute approximate surface area is 219 Å². The van der Waals surface area contributed by atoms with Gasteiger partial charge in [0, 0.05) is 10.7 Å². The molecule has 0 spiro atoms. The number of hydrogen-bond donors (Lipinski definition) is 1. The van der Waals surface area contributed by atoms with E-state index >= 15 is 0 Å². The van der Waals surface area contributed by atoms with Crippen molar-refractivity contribution in [2.75, 3.05) is 17.3 Å². The fraction of sp³-hybridized carbons (Fsp3) is 0.179. The number of aryl methyl sites for hydroxylation is 1. The van der Waals surface area contributed by atoms with Crippen LogP contribution >= 0.6 is 23.4 Å². The van der Waals surface area contributed by atoms with Gasteiger partial charge in [-0.15, -0.1) is 0 Å². The molecule has 2 amide bonds. The molecule has 3 aromatic carbocycles. The Morgan fingerprint density at radius 3 is 2.47 bits per heavy atom. The van der Waals surface area contributed by atoms with Crippen LogP contribution in [0.4, 0.5) is 11.4 Å². The number of halogens is 1. The van der Waals surface area contributed by atoms with Gasteiger partial charge in [0.25, 0.3) is 5.91 Å². The molecule has 36 heavy (non-hydrogen) atoms. The second-order valence-corrected chi connectivity index (χ2v) is 9.64. The number of amides is 2. The van der Waals surface area contributed by atoms with Crippen molar-refractivity contribution in [1.82, 2.24) is 0 Å². The highest BCUT2D eigenvalue weighted by Crippen LogP contribution is 2.42. The maximum atomic E-state index is 13.7. The first-order chi connectivity index (χ1) is 17.5. The van der Waals surface area contributed by atoms with Gasteiger partial charge in [0.05, 0.1) is 18.0 Å². The number of nitrogens with one attached hydrogen (secondary N) is 1. The first-order valence-corrected chi connectivity index (χ1v) is 12.6. The zero-order valence-electron chi connectivity index (χ0n) is 19.8. The molecule has 182 valence electrons. The molecule has 1 atom stereocenters. The zero-order chi connectivity index (χ0) is 25.7. The number of anilines is 2. The molecule has 3 aromatic rings. The molecule has 6 nitrogen and oxygen atoms in total. The van der Waals surface area contributed by atoms with Crippen molar-refractivity contribution in [3.05, 3.63) is 99.5 Å². The second-order valence-electron chi connectivity index (χ2n) is 8.04. The average molecular weight is 518 g/mol. The molecular formula is C28H24ClN3O3S. The Bertz CT molecular complexity index is 1360. The van der Waals surface area contributed by atoms with E-state index in [9.17, 15) is 14.9 Å². The lowest BCUT2D eigenvalue weighted by molar-refractivity contribution is -0.117. The molecule has 1 fully saturated rings. The highest BCUT2D eigenvalue weighted by molar-refractivity contribution is 8.05. The van der Waals surface area contributed by atoms with Crippen molar-refractivity contribution < 1.29 is 14.3 Å². The molecule has 0 radical (unpaired) electrons. The third kappa shape index (κ3) is 5.25. The minimum Gasteiger partial charge on any atom is -0.495 e. The molecule has 0 bridgehead atoms. The molecular weight excluding hydrogens is 494 g/mol. The fourth-order valence-corrected chi connectivity index (χ4v) is 5.41. The fourth-order valence-electron chi connectivity index (χ4n) is 3.90. The maximum Gasteiger partial charge on any atom is 0.269 e. The molecule has 0 saturated carbocycles. The van der Waals surface area contributed by atoms with Gasteiger partial charge in [0.1, 0.15) is 22.4 Å². The van der Waals surface area contributed by atoms with Crippen LogP contribution in [0.5, 0.6) is 5.75 Å². The van der Waals surface area contributed by atoms with Crippen LogP contribution in [0.2, 0.25) is 5.02 Å². The Balaban J connectivity index is 1.75. The normalized spacial score (nSPS) is 16.4. The summed E-state index contributed by atoms with van der Waals surface area (Å²) >= 11 is 7.56. The average Bonchev–Trinajstić information content (AvgIpc) is 3.21. The summed E-state index contributed by atoms with van der Waals surface area (Å²) in [6.07, 6.45) is 1.22. The minimum absolute atomic E-state index is 0.152. The third-order valence-corrected chi connectivity index (χ3v) is 7.46. The van der Waals surface area contributed by atoms with Crippen LogP contribution in [0, 0.1) is 11.3 Å². The van der Waals surface area contributed by atoms with Crippen molar-refractivity contribution in [1.29, 1.82) is 5.26 Å². The van der Waals surface area contributed by atoms with E-state index in [4.69, 9.17) is 16.3 Å². The van der Waals surface area contributed by atoms with E-state index < -0.39 is 11.2 Å². The number of nitrogens with zero attached hydrogens (tertiary/aromatic N) is 2. The van der Waals surface area contributed by atoms with Crippen LogP contribution in [-0.2, 0) is 22.4 Å². The number of carbonyl (C=O) groups excluding carboxylic acids is 2. The van der Waals surface area contributed by atoms with Gasteiger partial charge in [-0.05, 0) is 54.3 Å². The summed E-state index contributed by atoms with van der Waals surface area (Å²) in [6.45, 7) is 2.05. The Morgan fingerprint density at radius 2 is 1.81 bits per heavy atom. The number of hydrogen-bond acceptors (Lipinski definition) is 5. The van der Waals surface area contributed by atoms with E-state index in [-0.39, 0.29) is 16.5 Å². The second kappa shape index (κ2) is 11.3. The molecule has 0 aliphatic carbocycles. The highest BCUT2D eigenvalue weighted by Gasteiger charge is 2.41. The van der Waals surface area contributed by atoms with Gasteiger partial charge in [-0.25, -0.2) is 0 Å². The van der Waals surface area contributed by atoms with Crippen molar-refractivity contribution in [2.45, 2.75) is 25.0 Å². The lowest BCUT2D eigenvalue weighted by Gasteiger charge is -2.19. The van der Waals surface area contributed by atoms with Crippen LogP contribution < -0.4 is 15.0 Å². The standard InChI is InChI=1S/C28H24ClN3O3S/c1-3-18-12-14-20(15-13-18)32-27(34)25(16-19-8-4-5-9-22(19)29)36-28(32)21(17-30)26(33)31-23-10-6-7-11-24(23)35-2/h4-15,25H,3,16H2,1-2H3,(H,31,33)/b28-21-. The van der Waals surface area contributed by atoms with E-state index in [2.05, 4.69) is 5.32 Å². The Morgan fingerprint density at radius 1 is 1.11 bits per heavy atom. The van der Waals surface area contributed by atoms with Crippen molar-refractivity contribution >= 4 is 46.6 Å². The summed E-state index contributed by atoms with van der Waals surface area (Å²) in [5, 5.41) is 13.1. The summed E-state index contributed by atoms with van der Waals surface area (Å²) in [7, 11) is 1.50. The van der Waals surface area contributed by atoms with Crippen LogP contribution in [0.15, 0.2) is 83.4 Å². The van der Waals surface area contributed by atoms with Gasteiger partial charge in [-0.1, -0.05) is 72.8 Å². The lowest BCUT2D eigenvalue weighted by atomic mass is 10.1. The zero-order valence-corrected chi connectivity index (χ0v) is 21.4. The number of methoxy groups -OCH3 is 1. The van der Waals surface area contributed by atoms with Crippen LogP contribution in [0.25, 0.3) is 0 Å². The summed E-state index contributed by atoms with van der Waals surface area (Å²) < 4.78 is 5.31. The van der Waals surface area contributed by atoms with Crippen molar-refractivity contribution in [3.63, 3.8) is 0 Å². The molecule has 1 aliphatic heterocycles. The monoisotopic (exact) mass is 517 g/mol. The smallest absolute Gasteiger partial charge is 0.269 e. The number of benzene rings is 3. The third-order valence-electron chi connectivity index (χ3n) is 5.83. The number of carbonyl (C=O) groups is 2. The van der Waals surface area contributed by atoms with Crippen molar-refractivity contribution in [2.24, 2.45) is 0 Å². The predicted octanol–water partition coefficient (Wildman–Crippen LogP) is 5.98. The number of ether oxygens (including phenoxy) is 1. The SMILES string of the molecule is CCc1ccc(N2C(=O)C(Cc3ccccc3Cl)S/C2=C(/C#N)C(=O)Nc2ccccc2OC)cc1. The molecule has 0 aromatic heterocycles. The molecule has 1 unspecified atom stereocenters. The first kappa shape index (κ1) is 25.4. The lowest BCUT2D eigenvalue weighted by Crippen LogP contribution is -2.31. The van der Waals surface area contributed by atoms with Gasteiger partial charge >= 0.3 is 0 Å². The Hall–Kier alpha value is -3.73. The summed E-state index contributed by atoms with van der Waals surface area (Å²) in [5.74, 6) is -0.366. The number of thioether (sulfide) groups is 1. The maximum absolute atomic E-state index is 13.7. The van der Waals surface area contributed by atoms with Crippen molar-refractivity contribution in [3.8, 4) is 11.8 Å². The van der Waals surface area contributed by atoms with E-state index in [1.165, 1.54) is 23.8 Å². The molecule has 1 saturated heterocycles. The van der Waals surface area contributed by atoms with Gasteiger partial charge in [0.15, 0.2) is 0 Å². The number of rotatable bonds is 7. The predicted molar refractivity (Wildman–Crippen MR) is 144 cm³/mol. The topological polar surface area (TPSA) is 82.4 Å². The summed E-state index contributed by atoms with van der Waals surface area (Å²) in [4.78, 5) is 28.4. The van der Waals surface area contributed by atoms with Crippen LogP contribution in [0.1, 0.15) is 18.1 Å². The summed E-state index contributed by atoms with van der Waals surface area (Å²) in [6, 6.07) is 23.9. The minimum atomic E-state index is -0.620. The van der Waals surface area contributed by atoms with Crippen LogP contribution in [-0.4, -0.2) is 24.2 Å². The molecule has 1 heterocycles. The van der Waals surface area contributed by atoms with Gasteiger partial charge in [-0.2, -0.15) is 5.26 Å². The molecule has 1 aliphatic rings. The quantitative estimate of drug-likeness (QED) is 0.308. The Kier molecular flexibility index (Phi) is 7.99. The first-order valence-electron chi connectivity index (χ1n) is 11.4. The van der Waals surface area contributed by atoms with E-state index in [1.807, 2.05) is 55.5 Å². The largest absolute Gasteiger partial charge is 0.495 e. The molecule has 8 heteroatoms. The van der Waals surface area contributed by atoms with Gasteiger partial charge < -0.3 is 10.1 Å². The highest BCUT2D eigenvalue weighted by atomic mass is 35.5. The molecule has 1 N–H and O–H groups in total.